The maximum Gasteiger partial charge on any atom is 0.176 e. The molecule has 3 atom stereocenters. The molecule has 0 N–H and O–H groups in total. The Balaban J connectivity index is 1.57. The summed E-state index contributed by atoms with van der Waals surface area (Å²) in [5.74, 6) is 0.430. The summed E-state index contributed by atoms with van der Waals surface area (Å²) in [6.07, 6.45) is 10.6. The first-order chi connectivity index (χ1) is 17.5. The van der Waals surface area contributed by atoms with Crippen LogP contribution in [0.4, 0.5) is 0 Å². The van der Waals surface area contributed by atoms with E-state index in [1.54, 1.807) is 12.4 Å². The van der Waals surface area contributed by atoms with Crippen LogP contribution in [0.5, 0.6) is 0 Å². The highest BCUT2D eigenvalue weighted by molar-refractivity contribution is 6.02. The van der Waals surface area contributed by atoms with Gasteiger partial charge in [-0.15, -0.1) is 0 Å². The van der Waals surface area contributed by atoms with Gasteiger partial charge in [-0.1, -0.05) is 32.1 Å². The van der Waals surface area contributed by atoms with E-state index in [1.165, 1.54) is 0 Å². The van der Waals surface area contributed by atoms with Gasteiger partial charge in [0.25, 0.3) is 0 Å². The Labute approximate surface area is 209 Å². The van der Waals surface area contributed by atoms with Crippen molar-refractivity contribution in [1.29, 1.82) is 5.26 Å². The predicted molar refractivity (Wildman–Crippen MR) is 135 cm³/mol. The lowest BCUT2D eigenvalue weighted by atomic mass is 9.58. The van der Waals surface area contributed by atoms with Crippen LogP contribution in [-0.4, -0.2) is 30.5 Å². The lowest BCUT2D eigenvalue weighted by Gasteiger charge is -2.45. The minimum Gasteiger partial charge on any atom is -0.293 e. The zero-order chi connectivity index (χ0) is 24.9. The molecule has 0 amide bonds. The van der Waals surface area contributed by atoms with Crippen molar-refractivity contribution < 1.29 is 4.79 Å². The van der Waals surface area contributed by atoms with Crippen LogP contribution in [0.3, 0.4) is 0 Å². The average molecular weight is 473 g/mol. The van der Waals surface area contributed by atoms with Crippen LogP contribution < -0.4 is 0 Å². The number of nitriles is 1. The molecule has 176 valence electrons. The van der Waals surface area contributed by atoms with E-state index in [9.17, 15) is 10.1 Å². The minimum absolute atomic E-state index is 0.0660. The number of pyridine rings is 3. The molecule has 0 unspecified atom stereocenters. The summed E-state index contributed by atoms with van der Waals surface area (Å²) in [5, 5.41) is 14.8. The predicted octanol–water partition coefficient (Wildman–Crippen LogP) is 4.88. The summed E-state index contributed by atoms with van der Waals surface area (Å²) in [4.78, 5) is 26.4. The number of nitrogens with zero attached hydrogens (tertiary/aromatic N) is 6. The molecule has 7 nitrogen and oxygen atoms in total. The molecule has 4 aromatic heterocycles. The number of fused-ring (bicyclic) bond motifs is 3. The Hall–Kier alpha value is -4.44. The molecule has 36 heavy (non-hydrogen) atoms. The molecular formula is C29H24N6O. The standard InChI is InChI=1S/C29H24N6O/c1-18-23-10-9-22-26(24-7-3-4-13-32-24)34-35(28(22)29(23,2)14-21(15-30)27(18)36)25-11-8-20(17-33-25)19-6-5-12-31-16-19/h3-8,11-14,16-18,23H,9-10H2,1-2H3/t18-,23-,29-/m1/s1. The van der Waals surface area contributed by atoms with Gasteiger partial charge in [0.05, 0.1) is 17.0 Å². The monoisotopic (exact) mass is 472 g/mol. The van der Waals surface area contributed by atoms with E-state index in [4.69, 9.17) is 10.1 Å². The summed E-state index contributed by atoms with van der Waals surface area (Å²) in [7, 11) is 0. The number of carbonyl (C=O) groups excluding carboxylic acids is 1. The van der Waals surface area contributed by atoms with Crippen molar-refractivity contribution in [2.45, 2.75) is 32.1 Å². The van der Waals surface area contributed by atoms with Gasteiger partial charge in [0.2, 0.25) is 0 Å². The second-order valence-electron chi connectivity index (χ2n) is 9.70. The molecule has 0 spiro atoms. The molecule has 7 heteroatoms. The third-order valence-electron chi connectivity index (χ3n) is 7.68. The highest BCUT2D eigenvalue weighted by atomic mass is 16.1. The first-order valence-corrected chi connectivity index (χ1v) is 12.1. The second kappa shape index (κ2) is 8.35. The van der Waals surface area contributed by atoms with Crippen LogP contribution >= 0.6 is 0 Å². The van der Waals surface area contributed by atoms with Crippen molar-refractivity contribution in [1.82, 2.24) is 24.7 Å². The van der Waals surface area contributed by atoms with Crippen LogP contribution in [0, 0.1) is 23.2 Å². The highest BCUT2D eigenvalue weighted by Gasteiger charge is 2.51. The van der Waals surface area contributed by atoms with Crippen molar-refractivity contribution in [3.8, 4) is 34.4 Å². The summed E-state index contributed by atoms with van der Waals surface area (Å²) >= 11 is 0. The van der Waals surface area contributed by atoms with Gasteiger partial charge < -0.3 is 0 Å². The van der Waals surface area contributed by atoms with Crippen LogP contribution in [0.2, 0.25) is 0 Å². The quantitative estimate of drug-likeness (QED) is 0.422. The Kier molecular flexibility index (Phi) is 5.11. The molecule has 0 bridgehead atoms. The zero-order valence-corrected chi connectivity index (χ0v) is 20.1. The molecule has 0 saturated carbocycles. The first-order valence-electron chi connectivity index (χ1n) is 12.1. The van der Waals surface area contributed by atoms with Crippen LogP contribution in [0.1, 0.15) is 31.5 Å². The number of ketones is 1. The zero-order valence-electron chi connectivity index (χ0n) is 20.1. The number of allylic oxidation sites excluding steroid dienone is 2. The summed E-state index contributed by atoms with van der Waals surface area (Å²) in [6.45, 7) is 4.07. The Morgan fingerprint density at radius 3 is 2.61 bits per heavy atom. The Morgan fingerprint density at radius 2 is 1.92 bits per heavy atom. The van der Waals surface area contributed by atoms with Gasteiger partial charge in [0.1, 0.15) is 11.8 Å². The minimum atomic E-state index is -0.546. The van der Waals surface area contributed by atoms with Gasteiger partial charge in [-0.3, -0.25) is 14.8 Å². The Bertz CT molecular complexity index is 1530. The van der Waals surface area contributed by atoms with Crippen molar-refractivity contribution in [2.75, 3.05) is 0 Å². The van der Waals surface area contributed by atoms with E-state index < -0.39 is 5.41 Å². The third-order valence-corrected chi connectivity index (χ3v) is 7.68. The molecule has 4 heterocycles. The summed E-state index contributed by atoms with van der Waals surface area (Å²) in [5.41, 5.74) is 5.32. The van der Waals surface area contributed by atoms with Crippen LogP contribution in [0.15, 0.2) is 78.9 Å². The number of aromatic nitrogens is 5. The fourth-order valence-electron chi connectivity index (χ4n) is 5.94. The molecule has 0 aromatic carbocycles. The van der Waals surface area contributed by atoms with Crippen LogP contribution in [0.25, 0.3) is 28.3 Å². The van der Waals surface area contributed by atoms with E-state index in [-0.39, 0.29) is 23.2 Å². The number of hydrogen-bond donors (Lipinski definition) is 0. The number of carbonyl (C=O) groups is 1. The largest absolute Gasteiger partial charge is 0.293 e. The van der Waals surface area contributed by atoms with E-state index in [2.05, 4.69) is 23.0 Å². The molecule has 0 fully saturated rings. The van der Waals surface area contributed by atoms with Gasteiger partial charge in [0, 0.05) is 52.8 Å². The van der Waals surface area contributed by atoms with Crippen molar-refractivity contribution in [3.63, 3.8) is 0 Å². The molecular weight excluding hydrogens is 448 g/mol. The third kappa shape index (κ3) is 3.29. The topological polar surface area (TPSA) is 97.3 Å². The number of Topliss-reactive ketones (excluding diaryl/α,β-unsaturated/α-hetero) is 1. The summed E-state index contributed by atoms with van der Waals surface area (Å²) in [6, 6.07) is 15.8. The maximum atomic E-state index is 12.9. The first kappa shape index (κ1) is 22.1. The lowest BCUT2D eigenvalue weighted by molar-refractivity contribution is -0.121. The molecule has 2 aliphatic carbocycles. The van der Waals surface area contributed by atoms with Crippen molar-refractivity contribution >= 4 is 5.78 Å². The second-order valence-corrected chi connectivity index (χ2v) is 9.70. The molecule has 0 radical (unpaired) electrons. The van der Waals surface area contributed by atoms with Gasteiger partial charge >= 0.3 is 0 Å². The van der Waals surface area contributed by atoms with E-state index in [1.807, 2.05) is 72.5 Å². The lowest BCUT2D eigenvalue weighted by Crippen LogP contribution is -2.46. The van der Waals surface area contributed by atoms with E-state index in [0.717, 1.165) is 46.6 Å². The normalized spacial score (nSPS) is 22.8. The van der Waals surface area contributed by atoms with Gasteiger partial charge in [-0.2, -0.15) is 10.4 Å². The summed E-state index contributed by atoms with van der Waals surface area (Å²) < 4.78 is 1.90. The van der Waals surface area contributed by atoms with Crippen molar-refractivity contribution in [2.24, 2.45) is 11.8 Å². The molecule has 6 rings (SSSR count). The molecule has 4 aromatic rings. The fourth-order valence-corrected chi connectivity index (χ4v) is 5.94. The number of hydrogen-bond acceptors (Lipinski definition) is 6. The van der Waals surface area contributed by atoms with E-state index >= 15 is 0 Å². The fraction of sp³-hybridized carbons (Fsp3) is 0.241. The van der Waals surface area contributed by atoms with Gasteiger partial charge in [-0.05, 0) is 49.1 Å². The van der Waals surface area contributed by atoms with Gasteiger partial charge in [-0.25, -0.2) is 9.67 Å². The van der Waals surface area contributed by atoms with Crippen LogP contribution in [-0.2, 0) is 16.6 Å². The molecule has 2 aliphatic rings. The molecule has 0 saturated heterocycles. The van der Waals surface area contributed by atoms with Gasteiger partial charge in [0.15, 0.2) is 11.6 Å². The average Bonchev–Trinajstić information content (AvgIpc) is 3.33. The van der Waals surface area contributed by atoms with E-state index in [0.29, 0.717) is 5.82 Å². The Morgan fingerprint density at radius 1 is 1.06 bits per heavy atom. The molecule has 0 aliphatic heterocycles. The smallest absolute Gasteiger partial charge is 0.176 e. The highest BCUT2D eigenvalue weighted by Crippen LogP contribution is 2.51. The maximum absolute atomic E-state index is 12.9. The SMILES string of the molecule is C[C@H]1C(=O)C(C#N)=C[C@@]2(C)c3c(c(-c4ccccn4)nn3-c3ccc(-c4cccnc4)cn3)CC[C@H]12. The van der Waals surface area contributed by atoms with Crippen molar-refractivity contribution in [3.05, 3.63) is 90.2 Å². The number of rotatable bonds is 3.